The molecule has 0 aliphatic carbocycles. The number of likely N-dealkylation sites (N-methyl/N-ethyl adjacent to an activating group) is 1. The molecule has 0 bridgehead atoms. The minimum atomic E-state index is -0.872. The lowest BCUT2D eigenvalue weighted by molar-refractivity contribution is 0.0479. The molecule has 142 valence electrons. The van der Waals surface area contributed by atoms with Crippen molar-refractivity contribution in [1.29, 1.82) is 0 Å². The van der Waals surface area contributed by atoms with Gasteiger partial charge in [0.25, 0.3) is 0 Å². The van der Waals surface area contributed by atoms with E-state index in [1.807, 2.05) is 31.2 Å². The van der Waals surface area contributed by atoms with Crippen molar-refractivity contribution in [2.75, 3.05) is 32.7 Å². The molecule has 0 heterocycles. The van der Waals surface area contributed by atoms with E-state index in [0.29, 0.717) is 6.42 Å². The number of benzene rings is 2. The predicted molar refractivity (Wildman–Crippen MR) is 107 cm³/mol. The van der Waals surface area contributed by atoms with E-state index in [-0.39, 0.29) is 5.82 Å². The van der Waals surface area contributed by atoms with Crippen LogP contribution in [0.5, 0.6) is 0 Å². The van der Waals surface area contributed by atoms with Crippen LogP contribution in [0.1, 0.15) is 32.8 Å². The molecule has 0 spiro atoms. The monoisotopic (exact) mass is 358 g/mol. The molecule has 2 aromatic rings. The zero-order valence-corrected chi connectivity index (χ0v) is 16.1. The highest BCUT2D eigenvalue weighted by Crippen LogP contribution is 2.27. The molecular weight excluding hydrogens is 327 g/mol. The Morgan fingerprint density at radius 1 is 0.923 bits per heavy atom. The summed E-state index contributed by atoms with van der Waals surface area (Å²) in [6.07, 6.45) is 0.654. The maximum Gasteiger partial charge on any atom is 0.123 e. The molecule has 1 unspecified atom stereocenters. The Morgan fingerprint density at radius 3 is 2.00 bits per heavy atom. The molecule has 2 N–H and O–H groups in total. The van der Waals surface area contributed by atoms with Crippen LogP contribution in [0.25, 0.3) is 11.1 Å². The van der Waals surface area contributed by atoms with Gasteiger partial charge in [-0.2, -0.15) is 0 Å². The molecule has 0 aliphatic heterocycles. The summed E-state index contributed by atoms with van der Waals surface area (Å²) >= 11 is 0. The van der Waals surface area contributed by atoms with Crippen LogP contribution in [-0.4, -0.2) is 42.7 Å². The largest absolute Gasteiger partial charge is 0.385 e. The van der Waals surface area contributed by atoms with Gasteiger partial charge in [0.05, 0.1) is 5.60 Å². The summed E-state index contributed by atoms with van der Waals surface area (Å²) in [5, 5.41) is 14.2. The first-order valence-electron chi connectivity index (χ1n) is 9.48. The highest BCUT2D eigenvalue weighted by Gasteiger charge is 2.22. The Bertz CT molecular complexity index is 649. The molecule has 0 saturated heterocycles. The number of nitrogens with zero attached hydrogens (tertiary/aromatic N) is 1. The van der Waals surface area contributed by atoms with E-state index in [4.69, 9.17) is 0 Å². The molecule has 2 aromatic carbocycles. The smallest absolute Gasteiger partial charge is 0.123 e. The maximum absolute atomic E-state index is 13.0. The van der Waals surface area contributed by atoms with Crippen molar-refractivity contribution < 1.29 is 9.50 Å². The van der Waals surface area contributed by atoms with Crippen LogP contribution >= 0.6 is 0 Å². The van der Waals surface area contributed by atoms with Crippen molar-refractivity contribution in [3.63, 3.8) is 0 Å². The molecule has 3 nitrogen and oxygen atoms in total. The summed E-state index contributed by atoms with van der Waals surface area (Å²) in [4.78, 5) is 2.37. The second-order valence-electron chi connectivity index (χ2n) is 6.88. The average molecular weight is 359 g/mol. The summed E-state index contributed by atoms with van der Waals surface area (Å²) in [5.74, 6) is -0.234. The fourth-order valence-corrected chi connectivity index (χ4v) is 3.04. The Hall–Kier alpha value is -1.75. The summed E-state index contributed by atoms with van der Waals surface area (Å²) in [5.41, 5.74) is 2.01. The second kappa shape index (κ2) is 9.81. The first kappa shape index (κ1) is 20.6. The van der Waals surface area contributed by atoms with Crippen LogP contribution in [0.15, 0.2) is 48.5 Å². The van der Waals surface area contributed by atoms with E-state index >= 15 is 0 Å². The minimum Gasteiger partial charge on any atom is -0.385 e. The van der Waals surface area contributed by atoms with Gasteiger partial charge in [0.2, 0.25) is 0 Å². The lowest BCUT2D eigenvalue weighted by Gasteiger charge is -2.25. The van der Waals surface area contributed by atoms with Crippen LogP contribution in [0, 0.1) is 5.82 Å². The van der Waals surface area contributed by atoms with E-state index in [2.05, 4.69) is 24.1 Å². The number of halogens is 1. The zero-order chi connectivity index (χ0) is 19.0. The van der Waals surface area contributed by atoms with Crippen molar-refractivity contribution in [2.45, 2.75) is 32.8 Å². The van der Waals surface area contributed by atoms with Gasteiger partial charge < -0.3 is 15.3 Å². The quantitative estimate of drug-likeness (QED) is 0.630. The molecule has 0 aliphatic rings. The van der Waals surface area contributed by atoms with E-state index in [1.54, 1.807) is 12.1 Å². The van der Waals surface area contributed by atoms with Crippen LogP contribution in [-0.2, 0) is 5.60 Å². The first-order chi connectivity index (χ1) is 12.5. The van der Waals surface area contributed by atoms with Gasteiger partial charge in [0.15, 0.2) is 0 Å². The van der Waals surface area contributed by atoms with Gasteiger partial charge in [-0.15, -0.1) is 0 Å². The van der Waals surface area contributed by atoms with Gasteiger partial charge >= 0.3 is 0 Å². The van der Waals surface area contributed by atoms with Gasteiger partial charge in [0.1, 0.15) is 5.82 Å². The summed E-state index contributed by atoms with van der Waals surface area (Å²) in [6, 6.07) is 14.3. The van der Waals surface area contributed by atoms with Crippen LogP contribution in [0.3, 0.4) is 0 Å². The fraction of sp³-hybridized carbons (Fsp3) is 0.455. The molecule has 0 amide bonds. The highest BCUT2D eigenvalue weighted by atomic mass is 19.1. The van der Waals surface area contributed by atoms with Crippen molar-refractivity contribution in [3.05, 3.63) is 59.9 Å². The van der Waals surface area contributed by atoms with Gasteiger partial charge in [-0.05, 0) is 61.8 Å². The molecule has 0 aromatic heterocycles. The molecule has 0 saturated carbocycles. The normalized spacial score (nSPS) is 13.8. The average Bonchev–Trinajstić information content (AvgIpc) is 2.65. The second-order valence-corrected chi connectivity index (χ2v) is 6.88. The Labute approximate surface area is 156 Å². The summed E-state index contributed by atoms with van der Waals surface area (Å²) < 4.78 is 13.0. The third-order valence-electron chi connectivity index (χ3n) is 4.97. The van der Waals surface area contributed by atoms with Crippen LogP contribution in [0.2, 0.25) is 0 Å². The first-order valence-corrected chi connectivity index (χ1v) is 9.48. The topological polar surface area (TPSA) is 35.5 Å². The van der Waals surface area contributed by atoms with Crippen LogP contribution in [0.4, 0.5) is 4.39 Å². The predicted octanol–water partition coefficient (Wildman–Crippen LogP) is 4.02. The molecule has 1 atom stereocenters. The van der Waals surface area contributed by atoms with Gasteiger partial charge in [-0.1, -0.05) is 50.2 Å². The van der Waals surface area contributed by atoms with E-state index in [0.717, 1.165) is 49.4 Å². The highest BCUT2D eigenvalue weighted by molar-refractivity contribution is 5.63. The molecule has 0 fully saturated rings. The molecule has 2 rings (SSSR count). The molecular formula is C22H31FN2O. The lowest BCUT2D eigenvalue weighted by atomic mass is 9.91. The number of rotatable bonds is 10. The third kappa shape index (κ3) is 5.90. The van der Waals surface area contributed by atoms with Crippen molar-refractivity contribution >= 4 is 0 Å². The Kier molecular flexibility index (Phi) is 7.76. The summed E-state index contributed by atoms with van der Waals surface area (Å²) in [6.45, 7) is 11.1. The SMILES string of the molecule is CCN(CC)CCNCCC(C)(O)c1ccc(-c2ccc(F)cc2)cc1. The third-order valence-corrected chi connectivity index (χ3v) is 4.97. The number of hydrogen-bond donors (Lipinski definition) is 2. The Balaban J connectivity index is 1.87. The summed E-state index contributed by atoms with van der Waals surface area (Å²) in [7, 11) is 0. The molecule has 4 heteroatoms. The molecule has 0 radical (unpaired) electrons. The van der Waals surface area contributed by atoms with Gasteiger partial charge in [-0.3, -0.25) is 0 Å². The minimum absolute atomic E-state index is 0.234. The Morgan fingerprint density at radius 2 is 1.46 bits per heavy atom. The number of hydrogen-bond acceptors (Lipinski definition) is 3. The van der Waals surface area contributed by atoms with Gasteiger partial charge in [-0.25, -0.2) is 4.39 Å². The van der Waals surface area contributed by atoms with Crippen LogP contribution < -0.4 is 5.32 Å². The fourth-order valence-electron chi connectivity index (χ4n) is 3.04. The van der Waals surface area contributed by atoms with Crippen molar-refractivity contribution in [2.24, 2.45) is 0 Å². The molecule has 26 heavy (non-hydrogen) atoms. The van der Waals surface area contributed by atoms with Crippen molar-refractivity contribution in [3.8, 4) is 11.1 Å². The van der Waals surface area contributed by atoms with Crippen molar-refractivity contribution in [1.82, 2.24) is 10.2 Å². The number of aliphatic hydroxyl groups is 1. The lowest BCUT2D eigenvalue weighted by Crippen LogP contribution is -2.34. The number of nitrogens with one attached hydrogen (secondary N) is 1. The van der Waals surface area contributed by atoms with E-state index in [1.165, 1.54) is 12.1 Å². The standard InChI is InChI=1S/C22H31FN2O/c1-4-25(5-2)17-16-24-15-14-22(3,26)20-10-6-18(7-11-20)19-8-12-21(23)13-9-19/h6-13,24,26H,4-5,14-17H2,1-3H3. The zero-order valence-electron chi connectivity index (χ0n) is 16.1. The maximum atomic E-state index is 13.0. The van der Waals surface area contributed by atoms with Gasteiger partial charge in [0, 0.05) is 13.1 Å². The van der Waals surface area contributed by atoms with E-state index in [9.17, 15) is 9.50 Å². The van der Waals surface area contributed by atoms with E-state index < -0.39 is 5.60 Å².